The number of carbonyl (C=O) groups is 2. The molecule has 10 nitrogen and oxygen atoms in total. The third kappa shape index (κ3) is 6.47. The van der Waals surface area contributed by atoms with Gasteiger partial charge in [-0.05, 0) is 25.5 Å². The monoisotopic (exact) mass is 456 g/mol. The minimum absolute atomic E-state index is 0.000706. The third-order valence-electron chi connectivity index (χ3n) is 3.85. The maximum Gasteiger partial charge on any atom is 0.244 e. The molecule has 0 saturated heterocycles. The number of ether oxygens (including phenoxy) is 2. The number of hydrogen-bond acceptors (Lipinski definition) is 9. The smallest absolute Gasteiger partial charge is 0.244 e. The highest BCUT2D eigenvalue weighted by Gasteiger charge is 2.33. The molecule has 12 heteroatoms. The Balaban J connectivity index is 2.05. The van der Waals surface area contributed by atoms with E-state index in [2.05, 4.69) is 20.8 Å². The number of para-hydroxylation sites is 2. The zero-order valence-corrected chi connectivity index (χ0v) is 18.5. The summed E-state index contributed by atoms with van der Waals surface area (Å²) < 4.78 is 35.8. The van der Waals surface area contributed by atoms with Crippen LogP contribution in [-0.2, 0) is 30.8 Å². The molecule has 2 N–H and O–H groups in total. The van der Waals surface area contributed by atoms with Gasteiger partial charge in [-0.15, -0.1) is 10.2 Å². The topological polar surface area (TPSA) is 137 Å². The van der Waals surface area contributed by atoms with E-state index in [1.165, 1.54) is 7.11 Å². The summed E-state index contributed by atoms with van der Waals surface area (Å²) in [6.45, 7) is 3.97. The van der Waals surface area contributed by atoms with E-state index in [0.29, 0.717) is 23.1 Å². The Labute approximate surface area is 178 Å². The van der Waals surface area contributed by atoms with Gasteiger partial charge in [0.2, 0.25) is 16.9 Å². The summed E-state index contributed by atoms with van der Waals surface area (Å²) >= 11 is 1.08. The predicted octanol–water partition coefficient (Wildman–Crippen LogP) is 1.85. The van der Waals surface area contributed by atoms with Crippen LogP contribution in [0.5, 0.6) is 5.75 Å². The van der Waals surface area contributed by atoms with Crippen LogP contribution in [0.25, 0.3) is 0 Å². The molecule has 0 aliphatic heterocycles. The van der Waals surface area contributed by atoms with Gasteiger partial charge in [0.15, 0.2) is 9.84 Å². The van der Waals surface area contributed by atoms with E-state index >= 15 is 0 Å². The second kappa shape index (κ2) is 11.0. The van der Waals surface area contributed by atoms with Gasteiger partial charge in [0, 0.05) is 7.11 Å². The fraction of sp³-hybridized carbons (Fsp3) is 0.444. The van der Waals surface area contributed by atoms with E-state index in [1.807, 2.05) is 0 Å². The second-order valence-corrected chi connectivity index (χ2v) is 9.35. The molecule has 2 amide bonds. The number of nitrogens with zero attached hydrogens (tertiary/aromatic N) is 2. The summed E-state index contributed by atoms with van der Waals surface area (Å²) in [5.41, 5.74) is 0.358. The molecule has 30 heavy (non-hydrogen) atoms. The Hall–Kier alpha value is -2.57. The van der Waals surface area contributed by atoms with Gasteiger partial charge in [-0.25, -0.2) is 8.42 Å². The first-order valence-corrected chi connectivity index (χ1v) is 11.7. The molecule has 2 aromatic rings. The highest BCUT2D eigenvalue weighted by Crippen LogP contribution is 2.24. The van der Waals surface area contributed by atoms with Gasteiger partial charge in [-0.3, -0.25) is 14.9 Å². The number of aromatic nitrogens is 2. The zero-order valence-electron chi connectivity index (χ0n) is 16.9. The minimum atomic E-state index is -4.07. The highest BCUT2D eigenvalue weighted by molar-refractivity contribution is 7.93. The largest absolute Gasteiger partial charge is 0.492 e. The van der Waals surface area contributed by atoms with Crippen molar-refractivity contribution in [2.24, 2.45) is 0 Å². The number of anilines is 2. The molecular weight excluding hydrogens is 432 g/mol. The number of amides is 2. The lowest BCUT2D eigenvalue weighted by atomic mass is 10.3. The van der Waals surface area contributed by atoms with E-state index in [0.717, 1.165) is 11.3 Å². The Bertz CT molecular complexity index is 977. The summed E-state index contributed by atoms with van der Waals surface area (Å²) in [4.78, 5) is 24.9. The summed E-state index contributed by atoms with van der Waals surface area (Å²) in [6, 6.07) is 6.69. The van der Waals surface area contributed by atoms with Crippen LogP contribution in [0.1, 0.15) is 25.3 Å². The first-order valence-electron chi connectivity index (χ1n) is 9.16. The average Bonchev–Trinajstić information content (AvgIpc) is 3.10. The lowest BCUT2D eigenvalue weighted by molar-refractivity contribution is -0.115. The van der Waals surface area contributed by atoms with Gasteiger partial charge in [-0.2, -0.15) is 0 Å². The lowest BCUT2D eigenvalue weighted by Gasteiger charge is -2.15. The predicted molar refractivity (Wildman–Crippen MR) is 113 cm³/mol. The van der Waals surface area contributed by atoms with Crippen molar-refractivity contribution in [1.29, 1.82) is 0 Å². The van der Waals surface area contributed by atoms with Crippen LogP contribution >= 0.6 is 11.3 Å². The molecule has 0 fully saturated rings. The van der Waals surface area contributed by atoms with Crippen LogP contribution in [0.15, 0.2) is 24.3 Å². The van der Waals surface area contributed by atoms with Crippen molar-refractivity contribution in [3.8, 4) is 5.75 Å². The lowest BCUT2D eigenvalue weighted by Crippen LogP contribution is -2.39. The van der Waals surface area contributed by atoms with Crippen LogP contribution in [0.2, 0.25) is 0 Å². The first kappa shape index (κ1) is 23.7. The number of hydrogen-bond donors (Lipinski definition) is 2. The first-order chi connectivity index (χ1) is 14.3. The van der Waals surface area contributed by atoms with E-state index in [-0.39, 0.29) is 18.2 Å². The Kier molecular flexibility index (Phi) is 8.69. The maximum absolute atomic E-state index is 12.7. The molecule has 1 unspecified atom stereocenters. The molecular formula is C18H24N4O6S2. The SMILES string of the molecule is CCOc1ccccc1NC(=O)CS(=O)(=O)C(CC)C(=O)Nc1nnc(COC)s1. The molecule has 2 rings (SSSR count). The molecule has 164 valence electrons. The Morgan fingerprint density at radius 3 is 2.57 bits per heavy atom. The molecule has 0 aliphatic carbocycles. The van der Waals surface area contributed by atoms with Crippen LogP contribution < -0.4 is 15.4 Å². The van der Waals surface area contributed by atoms with Crippen molar-refractivity contribution in [2.45, 2.75) is 32.1 Å². The fourth-order valence-corrected chi connectivity index (χ4v) is 4.84. The number of nitrogens with one attached hydrogen (secondary N) is 2. The summed E-state index contributed by atoms with van der Waals surface area (Å²) in [7, 11) is -2.58. The standard InChI is InChI=1S/C18H24N4O6S2/c1-4-14(17(24)20-18-22-21-16(29-18)10-27-3)30(25,26)11-15(23)19-12-8-6-7-9-13(12)28-5-2/h6-9,14H,4-5,10-11H2,1-3H3,(H,19,23)(H,20,22,24). The summed E-state index contributed by atoms with van der Waals surface area (Å²) in [5, 5.41) is 11.9. The Morgan fingerprint density at radius 1 is 1.17 bits per heavy atom. The summed E-state index contributed by atoms with van der Waals surface area (Å²) in [6.07, 6.45) is 0.000706. The molecule has 0 radical (unpaired) electrons. The van der Waals surface area contributed by atoms with Crippen LogP contribution in [0.3, 0.4) is 0 Å². The highest BCUT2D eigenvalue weighted by atomic mass is 32.2. The van der Waals surface area contributed by atoms with Crippen molar-refractivity contribution in [1.82, 2.24) is 10.2 Å². The van der Waals surface area contributed by atoms with Crippen molar-refractivity contribution in [2.75, 3.05) is 30.1 Å². The van der Waals surface area contributed by atoms with Gasteiger partial charge in [-0.1, -0.05) is 30.4 Å². The van der Waals surface area contributed by atoms with Gasteiger partial charge in [0.05, 0.1) is 12.3 Å². The molecule has 0 spiro atoms. The van der Waals surface area contributed by atoms with Gasteiger partial charge in [0.25, 0.3) is 0 Å². The number of sulfone groups is 1. The normalized spacial score (nSPS) is 12.2. The van der Waals surface area contributed by atoms with E-state index in [1.54, 1.807) is 38.1 Å². The van der Waals surface area contributed by atoms with Gasteiger partial charge < -0.3 is 14.8 Å². The molecule has 0 aliphatic rings. The van der Waals surface area contributed by atoms with Crippen LogP contribution in [0.4, 0.5) is 10.8 Å². The zero-order chi connectivity index (χ0) is 22.1. The molecule has 0 bridgehead atoms. The molecule has 1 aromatic carbocycles. The summed E-state index contributed by atoms with van der Waals surface area (Å²) in [5.74, 6) is -1.93. The minimum Gasteiger partial charge on any atom is -0.492 e. The van der Waals surface area contributed by atoms with Crippen LogP contribution in [0, 0.1) is 0 Å². The number of methoxy groups -OCH3 is 1. The van der Waals surface area contributed by atoms with Crippen molar-refractivity contribution >= 4 is 43.8 Å². The van der Waals surface area contributed by atoms with E-state index < -0.39 is 32.7 Å². The van der Waals surface area contributed by atoms with E-state index in [4.69, 9.17) is 9.47 Å². The van der Waals surface area contributed by atoms with Crippen LogP contribution in [-0.4, -0.2) is 55.1 Å². The Morgan fingerprint density at radius 2 is 1.90 bits per heavy atom. The maximum atomic E-state index is 12.7. The molecule has 1 aromatic heterocycles. The number of carbonyl (C=O) groups excluding carboxylic acids is 2. The number of rotatable bonds is 11. The van der Waals surface area contributed by atoms with Gasteiger partial charge in [0.1, 0.15) is 28.4 Å². The van der Waals surface area contributed by atoms with Crippen molar-refractivity contribution < 1.29 is 27.5 Å². The third-order valence-corrected chi connectivity index (χ3v) is 6.75. The average molecular weight is 457 g/mol. The molecule has 0 saturated carbocycles. The van der Waals surface area contributed by atoms with Gasteiger partial charge >= 0.3 is 0 Å². The fourth-order valence-electron chi connectivity index (χ4n) is 2.60. The molecule has 1 atom stereocenters. The quantitative estimate of drug-likeness (QED) is 0.523. The van der Waals surface area contributed by atoms with Crippen molar-refractivity contribution in [3.05, 3.63) is 29.3 Å². The van der Waals surface area contributed by atoms with Crippen molar-refractivity contribution in [3.63, 3.8) is 0 Å². The molecule has 1 heterocycles. The number of benzene rings is 1. The second-order valence-electron chi connectivity index (χ2n) is 6.10. The van der Waals surface area contributed by atoms with E-state index in [9.17, 15) is 18.0 Å².